The predicted molar refractivity (Wildman–Crippen MR) is 106 cm³/mol. The van der Waals surface area contributed by atoms with Gasteiger partial charge in [-0.1, -0.05) is 18.2 Å². The molecule has 0 aliphatic heterocycles. The quantitative estimate of drug-likeness (QED) is 0.506. The Bertz CT molecular complexity index is 926. The lowest BCUT2D eigenvalue weighted by Gasteiger charge is -2.10. The van der Waals surface area contributed by atoms with Gasteiger partial charge in [-0.15, -0.1) is 0 Å². The van der Waals surface area contributed by atoms with Gasteiger partial charge in [-0.25, -0.2) is 4.39 Å². The smallest absolute Gasteiger partial charge is 0.387 e. The first-order valence-corrected chi connectivity index (χ1v) is 9.32. The third-order valence-corrected chi connectivity index (χ3v) is 4.09. The molecule has 2 amide bonds. The lowest BCUT2D eigenvalue weighted by molar-refractivity contribution is -0.123. The second kappa shape index (κ2) is 11.8. The van der Waals surface area contributed by atoms with E-state index in [-0.39, 0.29) is 48.2 Å². The van der Waals surface area contributed by atoms with Gasteiger partial charge in [-0.2, -0.15) is 8.78 Å². The molecule has 0 spiro atoms. The third-order valence-electron chi connectivity index (χ3n) is 3.78. The van der Waals surface area contributed by atoms with Crippen LogP contribution in [0.2, 0.25) is 5.02 Å². The fraction of sp³-hybridized carbons (Fsp3) is 0.250. The van der Waals surface area contributed by atoms with Crippen LogP contribution in [0.5, 0.6) is 11.5 Å². The molecule has 11 heteroatoms. The van der Waals surface area contributed by atoms with Crippen LogP contribution >= 0.6 is 11.6 Å². The summed E-state index contributed by atoms with van der Waals surface area (Å²) in [6.07, 6.45) is 1.31. The number of pyridine rings is 1. The van der Waals surface area contributed by atoms with Gasteiger partial charge in [0, 0.05) is 18.2 Å². The Morgan fingerprint density at radius 1 is 1.16 bits per heavy atom. The zero-order valence-corrected chi connectivity index (χ0v) is 16.9. The van der Waals surface area contributed by atoms with Crippen LogP contribution in [0.4, 0.5) is 13.2 Å². The summed E-state index contributed by atoms with van der Waals surface area (Å²) in [6.45, 7) is 0.572. The number of nitrogens with zero attached hydrogens (tertiary/aromatic N) is 1. The SMILES string of the molecule is C=C(CCNC(=O)COc1ccc(Cl)c(F)c1)C(=O)NCc1ccc(OC(F)F)cn1. The molecule has 0 bridgehead atoms. The standard InChI is InChI=1S/C20H19ClF3N3O4/c1-12(19(29)27-9-13-2-3-15(10-26-13)31-20(23)24)6-7-25-18(28)11-30-14-4-5-16(21)17(22)8-14/h2-5,8,10,20H,1,6-7,9,11H2,(H,25,28)(H,27,29). The number of benzene rings is 1. The molecule has 0 radical (unpaired) electrons. The fourth-order valence-corrected chi connectivity index (χ4v) is 2.33. The van der Waals surface area contributed by atoms with Gasteiger partial charge in [0.05, 0.1) is 23.5 Å². The van der Waals surface area contributed by atoms with Gasteiger partial charge in [-0.05, 0) is 30.7 Å². The van der Waals surface area contributed by atoms with Gasteiger partial charge >= 0.3 is 6.61 Å². The Kier molecular flexibility index (Phi) is 9.13. The second-order valence-electron chi connectivity index (χ2n) is 6.11. The van der Waals surface area contributed by atoms with E-state index in [4.69, 9.17) is 16.3 Å². The van der Waals surface area contributed by atoms with Gasteiger partial charge in [0.25, 0.3) is 5.91 Å². The number of hydrogen-bond acceptors (Lipinski definition) is 5. The van der Waals surface area contributed by atoms with Crippen molar-refractivity contribution in [2.75, 3.05) is 13.2 Å². The van der Waals surface area contributed by atoms with Crippen molar-refractivity contribution in [1.82, 2.24) is 15.6 Å². The number of ether oxygens (including phenoxy) is 2. The molecule has 7 nitrogen and oxygen atoms in total. The molecule has 31 heavy (non-hydrogen) atoms. The van der Waals surface area contributed by atoms with Crippen LogP contribution in [-0.4, -0.2) is 36.6 Å². The molecular formula is C20H19ClF3N3O4. The molecule has 0 aliphatic rings. The highest BCUT2D eigenvalue weighted by molar-refractivity contribution is 6.30. The van der Waals surface area contributed by atoms with E-state index in [2.05, 4.69) is 26.9 Å². The minimum Gasteiger partial charge on any atom is -0.484 e. The van der Waals surface area contributed by atoms with Crippen molar-refractivity contribution in [2.45, 2.75) is 19.6 Å². The highest BCUT2D eigenvalue weighted by atomic mass is 35.5. The number of carbonyl (C=O) groups is 2. The number of halogens is 4. The van der Waals surface area contributed by atoms with Gasteiger partial charge in [0.15, 0.2) is 6.61 Å². The summed E-state index contributed by atoms with van der Waals surface area (Å²) in [5.74, 6) is -1.50. The molecule has 2 N–H and O–H groups in total. The van der Waals surface area contributed by atoms with Gasteiger partial charge < -0.3 is 20.1 Å². The van der Waals surface area contributed by atoms with Crippen molar-refractivity contribution in [3.63, 3.8) is 0 Å². The molecule has 0 unspecified atom stereocenters. The van der Waals surface area contributed by atoms with E-state index in [0.29, 0.717) is 5.69 Å². The predicted octanol–water partition coefficient (Wildman–Crippen LogP) is 3.23. The molecular weight excluding hydrogens is 439 g/mol. The minimum absolute atomic E-state index is 0.0536. The first-order valence-electron chi connectivity index (χ1n) is 8.95. The number of nitrogens with one attached hydrogen (secondary N) is 2. The topological polar surface area (TPSA) is 89.5 Å². The van der Waals surface area contributed by atoms with Crippen molar-refractivity contribution >= 4 is 23.4 Å². The summed E-state index contributed by atoms with van der Waals surface area (Å²) >= 11 is 5.56. The van der Waals surface area contributed by atoms with Crippen LogP contribution in [0.3, 0.4) is 0 Å². The number of alkyl halides is 2. The van der Waals surface area contributed by atoms with Crippen LogP contribution in [-0.2, 0) is 16.1 Å². The first kappa shape index (κ1) is 24.0. The van der Waals surface area contributed by atoms with Gasteiger partial charge in [0.2, 0.25) is 5.91 Å². The largest absolute Gasteiger partial charge is 0.484 e. The van der Waals surface area contributed by atoms with E-state index >= 15 is 0 Å². The highest BCUT2D eigenvalue weighted by Crippen LogP contribution is 2.20. The van der Waals surface area contributed by atoms with E-state index in [1.807, 2.05) is 0 Å². The van der Waals surface area contributed by atoms with E-state index in [1.165, 1.54) is 24.3 Å². The molecule has 2 rings (SSSR count). The zero-order chi connectivity index (χ0) is 22.8. The first-order chi connectivity index (χ1) is 14.7. The summed E-state index contributed by atoms with van der Waals surface area (Å²) in [4.78, 5) is 27.7. The second-order valence-corrected chi connectivity index (χ2v) is 6.52. The minimum atomic E-state index is -2.94. The molecule has 166 valence electrons. The number of rotatable bonds is 11. The zero-order valence-electron chi connectivity index (χ0n) is 16.2. The maximum atomic E-state index is 13.3. The van der Waals surface area contributed by atoms with Gasteiger partial charge in [-0.3, -0.25) is 14.6 Å². The molecule has 0 saturated carbocycles. The van der Waals surface area contributed by atoms with Crippen LogP contribution in [0.1, 0.15) is 12.1 Å². The normalized spacial score (nSPS) is 10.5. The Labute approximate surface area is 181 Å². The van der Waals surface area contributed by atoms with Crippen molar-refractivity contribution in [1.29, 1.82) is 0 Å². The third kappa shape index (κ3) is 8.55. The Morgan fingerprint density at radius 3 is 2.55 bits per heavy atom. The molecule has 0 atom stereocenters. The number of aromatic nitrogens is 1. The van der Waals surface area contributed by atoms with Crippen molar-refractivity contribution < 1.29 is 32.2 Å². The van der Waals surface area contributed by atoms with Crippen LogP contribution in [0, 0.1) is 5.82 Å². The molecule has 0 aliphatic carbocycles. The highest BCUT2D eigenvalue weighted by Gasteiger charge is 2.10. The lowest BCUT2D eigenvalue weighted by Crippen LogP contribution is -2.31. The van der Waals surface area contributed by atoms with E-state index < -0.39 is 24.2 Å². The van der Waals surface area contributed by atoms with Crippen molar-refractivity contribution in [3.05, 3.63) is 65.2 Å². The average molecular weight is 458 g/mol. The molecule has 1 aromatic carbocycles. The van der Waals surface area contributed by atoms with E-state index in [9.17, 15) is 22.8 Å². The summed E-state index contributed by atoms with van der Waals surface area (Å²) in [5, 5.41) is 5.07. The summed E-state index contributed by atoms with van der Waals surface area (Å²) < 4.78 is 46.8. The maximum Gasteiger partial charge on any atom is 0.387 e. The van der Waals surface area contributed by atoms with Crippen molar-refractivity contribution in [3.8, 4) is 11.5 Å². The molecule has 2 aromatic rings. The number of carbonyl (C=O) groups excluding carboxylic acids is 2. The molecule has 1 heterocycles. The molecule has 0 saturated heterocycles. The maximum absolute atomic E-state index is 13.3. The van der Waals surface area contributed by atoms with Crippen molar-refractivity contribution in [2.24, 2.45) is 0 Å². The Hall–Kier alpha value is -3.27. The number of hydrogen-bond donors (Lipinski definition) is 2. The monoisotopic (exact) mass is 457 g/mol. The molecule has 0 fully saturated rings. The van der Waals surface area contributed by atoms with Crippen LogP contribution in [0.15, 0.2) is 48.7 Å². The van der Waals surface area contributed by atoms with E-state index in [1.54, 1.807) is 0 Å². The fourth-order valence-electron chi connectivity index (χ4n) is 2.22. The van der Waals surface area contributed by atoms with E-state index in [0.717, 1.165) is 12.3 Å². The average Bonchev–Trinajstić information content (AvgIpc) is 2.73. The summed E-state index contributed by atoms with van der Waals surface area (Å²) in [5.41, 5.74) is 0.658. The van der Waals surface area contributed by atoms with Crippen LogP contribution in [0.25, 0.3) is 0 Å². The summed E-state index contributed by atoms with van der Waals surface area (Å²) in [6, 6.07) is 6.56. The molecule has 1 aromatic heterocycles. The van der Waals surface area contributed by atoms with Crippen LogP contribution < -0.4 is 20.1 Å². The van der Waals surface area contributed by atoms with Gasteiger partial charge in [0.1, 0.15) is 17.3 Å². The lowest BCUT2D eigenvalue weighted by atomic mass is 10.2. The Balaban J connectivity index is 1.65. The number of amides is 2. The summed E-state index contributed by atoms with van der Waals surface area (Å²) in [7, 11) is 0. The Morgan fingerprint density at radius 2 is 1.90 bits per heavy atom.